The average molecular weight is 408 g/mol. The molecule has 3 rings (SSSR count). The summed E-state index contributed by atoms with van der Waals surface area (Å²) in [6.07, 6.45) is 3.86. The van der Waals surface area contributed by atoms with Crippen LogP contribution in [0, 0.1) is 0 Å². The van der Waals surface area contributed by atoms with Crippen molar-refractivity contribution in [3.63, 3.8) is 0 Å². The fourth-order valence-electron chi connectivity index (χ4n) is 2.94. The van der Waals surface area contributed by atoms with Gasteiger partial charge in [0.15, 0.2) is 0 Å². The van der Waals surface area contributed by atoms with Crippen molar-refractivity contribution >= 4 is 45.1 Å². The highest BCUT2D eigenvalue weighted by Gasteiger charge is 2.23. The summed E-state index contributed by atoms with van der Waals surface area (Å²) in [6.45, 7) is 0. The smallest absolute Gasteiger partial charge is 0.341 e. The second-order valence-corrected chi connectivity index (χ2v) is 6.75. The molecule has 0 saturated heterocycles. The Kier molecular flexibility index (Phi) is 4.97. The van der Waals surface area contributed by atoms with Crippen molar-refractivity contribution in [1.82, 2.24) is 0 Å². The number of hydrogen-bond donors (Lipinski definition) is 0. The number of rotatable bonds is 3. The predicted octanol–water partition coefficient (Wildman–Crippen LogP) is 5.38. The summed E-state index contributed by atoms with van der Waals surface area (Å²) in [5.41, 5.74) is 4.81. The van der Waals surface area contributed by atoms with Gasteiger partial charge in [-0.3, -0.25) is 0 Å². The van der Waals surface area contributed by atoms with E-state index in [0.717, 1.165) is 34.0 Å². The van der Waals surface area contributed by atoms with E-state index in [1.807, 2.05) is 30.3 Å². The molecule has 0 heterocycles. The first kappa shape index (κ1) is 17.1. The van der Waals surface area contributed by atoms with Crippen LogP contribution in [0.2, 0.25) is 5.02 Å². The fourth-order valence-corrected chi connectivity index (χ4v) is 3.50. The molecule has 0 saturated carbocycles. The van der Waals surface area contributed by atoms with Gasteiger partial charge in [0.2, 0.25) is 0 Å². The van der Waals surface area contributed by atoms with Gasteiger partial charge in [-0.1, -0.05) is 23.7 Å². The molecule has 0 fully saturated rings. The normalized spacial score (nSPS) is 14.6. The summed E-state index contributed by atoms with van der Waals surface area (Å²) in [5, 5.41) is 0.691. The largest absolute Gasteiger partial charge is 0.496 e. The lowest BCUT2D eigenvalue weighted by atomic mass is 10.0. The molecule has 0 atom stereocenters. The summed E-state index contributed by atoms with van der Waals surface area (Å²) in [4.78, 5) is 11.9. The van der Waals surface area contributed by atoms with Crippen LogP contribution >= 0.6 is 27.5 Å². The van der Waals surface area contributed by atoms with Crippen molar-refractivity contribution < 1.29 is 14.3 Å². The zero-order valence-corrected chi connectivity index (χ0v) is 15.7. The van der Waals surface area contributed by atoms with Crippen LogP contribution in [0.3, 0.4) is 0 Å². The molecule has 0 spiro atoms. The number of carbonyl (C=O) groups is 1. The van der Waals surface area contributed by atoms with Crippen LogP contribution in [0.5, 0.6) is 5.75 Å². The van der Waals surface area contributed by atoms with Crippen molar-refractivity contribution in [3.05, 3.63) is 62.1 Å². The maximum absolute atomic E-state index is 11.9. The van der Waals surface area contributed by atoms with Crippen molar-refractivity contribution in [1.29, 1.82) is 0 Å². The molecule has 0 bridgehead atoms. The molecule has 0 unspecified atom stereocenters. The Labute approximate surface area is 154 Å². The Morgan fingerprint density at radius 2 is 2.04 bits per heavy atom. The standard InChI is InChI=1S/C19H16BrClO3/c1-23-17-10-14-11(8-13-4-3-5-16(20)18(13)21)6-7-12(14)9-15(17)19(22)24-2/h3-5,8-10H,6-7H2,1-2H3. The Hall–Kier alpha value is -1.78. The molecule has 0 amide bonds. The molecule has 1 aliphatic rings. The van der Waals surface area contributed by atoms with E-state index in [0.29, 0.717) is 16.3 Å². The number of halogens is 2. The molecular formula is C19H16BrClO3. The SMILES string of the molecule is COC(=O)c1cc2c(cc1OC)C(=Cc1cccc(Br)c1Cl)CC2. The van der Waals surface area contributed by atoms with Gasteiger partial charge in [-0.05, 0) is 75.3 Å². The third-order valence-electron chi connectivity index (χ3n) is 4.15. The highest BCUT2D eigenvalue weighted by molar-refractivity contribution is 9.10. The third kappa shape index (κ3) is 3.08. The minimum absolute atomic E-state index is 0.387. The highest BCUT2D eigenvalue weighted by Crippen LogP contribution is 2.39. The second-order valence-electron chi connectivity index (χ2n) is 5.51. The molecule has 0 N–H and O–H groups in total. The Morgan fingerprint density at radius 3 is 2.75 bits per heavy atom. The van der Waals surface area contributed by atoms with Crippen molar-refractivity contribution in [2.45, 2.75) is 12.8 Å². The Morgan fingerprint density at radius 1 is 1.25 bits per heavy atom. The minimum Gasteiger partial charge on any atom is -0.496 e. The lowest BCUT2D eigenvalue weighted by Gasteiger charge is -2.11. The van der Waals surface area contributed by atoms with E-state index in [1.54, 1.807) is 7.11 Å². The maximum atomic E-state index is 11.9. The summed E-state index contributed by atoms with van der Waals surface area (Å²) < 4.78 is 11.1. The first-order valence-electron chi connectivity index (χ1n) is 7.49. The van der Waals surface area contributed by atoms with Gasteiger partial charge >= 0.3 is 5.97 Å². The van der Waals surface area contributed by atoms with Gasteiger partial charge in [0.25, 0.3) is 0 Å². The van der Waals surface area contributed by atoms with E-state index in [9.17, 15) is 4.79 Å². The van der Waals surface area contributed by atoms with E-state index in [-0.39, 0.29) is 5.97 Å². The molecule has 2 aromatic rings. The van der Waals surface area contributed by atoms with Gasteiger partial charge in [0.05, 0.1) is 19.2 Å². The molecule has 0 aliphatic heterocycles. The molecule has 0 radical (unpaired) electrons. The quantitative estimate of drug-likeness (QED) is 0.640. The average Bonchev–Trinajstić information content (AvgIpc) is 2.99. The zero-order chi connectivity index (χ0) is 17.3. The van der Waals surface area contributed by atoms with Gasteiger partial charge in [0.1, 0.15) is 11.3 Å². The topological polar surface area (TPSA) is 35.5 Å². The molecule has 5 heteroatoms. The van der Waals surface area contributed by atoms with Crippen LogP contribution in [0.1, 0.15) is 33.5 Å². The van der Waals surface area contributed by atoms with Crippen molar-refractivity contribution in [2.24, 2.45) is 0 Å². The van der Waals surface area contributed by atoms with Crippen LogP contribution in [-0.4, -0.2) is 20.2 Å². The lowest BCUT2D eigenvalue weighted by Crippen LogP contribution is -2.05. The third-order valence-corrected chi connectivity index (χ3v) is 5.46. The van der Waals surface area contributed by atoms with Crippen LogP contribution in [0.25, 0.3) is 11.6 Å². The molecule has 1 aliphatic carbocycles. The maximum Gasteiger partial charge on any atom is 0.341 e. The number of ether oxygens (including phenoxy) is 2. The number of fused-ring (bicyclic) bond motifs is 1. The fraction of sp³-hybridized carbons (Fsp3) is 0.211. The van der Waals surface area contributed by atoms with E-state index in [2.05, 4.69) is 22.0 Å². The molecule has 0 aromatic heterocycles. The summed E-state index contributed by atoms with van der Waals surface area (Å²) >= 11 is 9.82. The number of esters is 1. The number of methoxy groups -OCH3 is 2. The Bertz CT molecular complexity index is 843. The zero-order valence-electron chi connectivity index (χ0n) is 13.4. The number of benzene rings is 2. The van der Waals surface area contributed by atoms with Gasteiger partial charge in [-0.2, -0.15) is 0 Å². The molecule has 124 valence electrons. The van der Waals surface area contributed by atoms with E-state index < -0.39 is 0 Å². The molecule has 24 heavy (non-hydrogen) atoms. The highest BCUT2D eigenvalue weighted by atomic mass is 79.9. The van der Waals surface area contributed by atoms with Crippen LogP contribution in [0.4, 0.5) is 0 Å². The van der Waals surface area contributed by atoms with Gasteiger partial charge in [-0.25, -0.2) is 4.79 Å². The number of allylic oxidation sites excluding steroid dienone is 1. The first-order valence-corrected chi connectivity index (χ1v) is 8.66. The summed E-state index contributed by atoms with van der Waals surface area (Å²) in [5.74, 6) is 0.135. The van der Waals surface area contributed by atoms with E-state index in [4.69, 9.17) is 21.1 Å². The van der Waals surface area contributed by atoms with Crippen LogP contribution < -0.4 is 4.74 Å². The lowest BCUT2D eigenvalue weighted by molar-refractivity contribution is 0.0597. The first-order chi connectivity index (χ1) is 11.5. The number of carbonyl (C=O) groups excluding carboxylic acids is 1. The van der Waals surface area contributed by atoms with Gasteiger partial charge < -0.3 is 9.47 Å². The monoisotopic (exact) mass is 406 g/mol. The predicted molar refractivity (Wildman–Crippen MR) is 99.7 cm³/mol. The minimum atomic E-state index is -0.387. The van der Waals surface area contributed by atoms with Crippen molar-refractivity contribution in [2.75, 3.05) is 14.2 Å². The number of aryl methyl sites for hydroxylation is 1. The van der Waals surface area contributed by atoms with Crippen LogP contribution in [0.15, 0.2) is 34.8 Å². The summed E-state index contributed by atoms with van der Waals surface area (Å²) in [6, 6.07) is 9.63. The number of hydrogen-bond acceptors (Lipinski definition) is 3. The Balaban J connectivity index is 2.08. The second kappa shape index (κ2) is 6.99. The van der Waals surface area contributed by atoms with Crippen LogP contribution in [-0.2, 0) is 11.2 Å². The van der Waals surface area contributed by atoms with E-state index in [1.165, 1.54) is 12.7 Å². The molecule has 3 nitrogen and oxygen atoms in total. The molecular weight excluding hydrogens is 392 g/mol. The van der Waals surface area contributed by atoms with Crippen molar-refractivity contribution in [3.8, 4) is 5.75 Å². The molecule has 2 aromatic carbocycles. The van der Waals surface area contributed by atoms with Gasteiger partial charge in [-0.15, -0.1) is 0 Å². The van der Waals surface area contributed by atoms with Gasteiger partial charge in [0, 0.05) is 4.47 Å². The summed E-state index contributed by atoms with van der Waals surface area (Å²) in [7, 11) is 2.92. The van der Waals surface area contributed by atoms with E-state index >= 15 is 0 Å².